The normalized spacial score (nSPS) is 11.1. The van der Waals surface area contributed by atoms with Crippen LogP contribution >= 0.6 is 43.5 Å². The molecule has 0 amide bonds. The zero-order valence-corrected chi connectivity index (χ0v) is 19.4. The minimum Gasteiger partial charge on any atom is -0.493 e. The lowest BCUT2D eigenvalue weighted by Crippen LogP contribution is -1.98. The Bertz CT molecular complexity index is 1070. The predicted octanol–water partition coefficient (Wildman–Crippen LogP) is 7.52. The molecule has 6 heteroatoms. The Morgan fingerprint density at radius 3 is 2.34 bits per heavy atom. The summed E-state index contributed by atoms with van der Waals surface area (Å²) in [7, 11) is 1.59. The van der Waals surface area contributed by atoms with Crippen molar-refractivity contribution in [3.63, 3.8) is 0 Å². The Kier molecular flexibility index (Phi) is 7.38. The average molecular weight is 534 g/mol. The quantitative estimate of drug-likeness (QED) is 0.243. The molecule has 0 radical (unpaired) electrons. The van der Waals surface area contributed by atoms with E-state index in [0.717, 1.165) is 25.6 Å². The minimum atomic E-state index is 0.416. The first-order chi connectivity index (χ1) is 14.0. The van der Waals surface area contributed by atoms with E-state index in [1.165, 1.54) is 0 Å². The molecule has 3 rings (SSSR count). The Labute approximate surface area is 191 Å². The van der Waals surface area contributed by atoms with E-state index < -0.39 is 0 Å². The number of halogens is 3. The summed E-state index contributed by atoms with van der Waals surface area (Å²) in [5, 5.41) is 10.2. The maximum Gasteiger partial charge on any atom is 0.162 e. The van der Waals surface area contributed by atoms with E-state index in [2.05, 4.69) is 37.9 Å². The van der Waals surface area contributed by atoms with Crippen LogP contribution in [0.15, 0.2) is 69.6 Å². The first-order valence-electron chi connectivity index (χ1n) is 8.62. The van der Waals surface area contributed by atoms with Crippen LogP contribution in [-0.4, -0.2) is 7.11 Å². The van der Waals surface area contributed by atoms with Gasteiger partial charge in [-0.1, -0.05) is 67.7 Å². The maximum absolute atomic E-state index is 9.59. The number of hydrogen-bond donors (Lipinski definition) is 0. The zero-order chi connectivity index (χ0) is 20.8. The highest BCUT2D eigenvalue weighted by Crippen LogP contribution is 2.36. The summed E-state index contributed by atoms with van der Waals surface area (Å²) in [5.41, 5.74) is 3.17. The second kappa shape index (κ2) is 9.98. The molecule has 0 atom stereocenters. The van der Waals surface area contributed by atoms with Gasteiger partial charge in [-0.15, -0.1) is 0 Å². The van der Waals surface area contributed by atoms with Crippen LogP contribution < -0.4 is 9.47 Å². The van der Waals surface area contributed by atoms with Crippen molar-refractivity contribution in [3.05, 3.63) is 91.3 Å². The molecule has 0 fully saturated rings. The van der Waals surface area contributed by atoms with E-state index in [0.29, 0.717) is 28.7 Å². The summed E-state index contributed by atoms with van der Waals surface area (Å²) in [6.07, 6.45) is 1.80. The zero-order valence-electron chi connectivity index (χ0n) is 15.5. The Morgan fingerprint density at radius 2 is 1.72 bits per heavy atom. The van der Waals surface area contributed by atoms with Crippen LogP contribution in [0.5, 0.6) is 11.5 Å². The molecule has 0 unspecified atom stereocenters. The monoisotopic (exact) mass is 531 g/mol. The third-order valence-electron chi connectivity index (χ3n) is 4.17. The molecule has 0 heterocycles. The first kappa shape index (κ1) is 21.4. The third-order valence-corrected chi connectivity index (χ3v) is 5.63. The van der Waals surface area contributed by atoms with Crippen molar-refractivity contribution in [2.45, 2.75) is 6.61 Å². The molecule has 0 aromatic heterocycles. The highest BCUT2D eigenvalue weighted by atomic mass is 79.9. The molecular formula is C23H16Br2ClNO2. The van der Waals surface area contributed by atoms with Gasteiger partial charge in [0.05, 0.1) is 18.8 Å². The lowest BCUT2D eigenvalue weighted by molar-refractivity contribution is 0.284. The summed E-state index contributed by atoms with van der Waals surface area (Å²) >= 11 is 12.9. The van der Waals surface area contributed by atoms with Gasteiger partial charge in [-0.05, 0) is 59.2 Å². The molecule has 0 bridgehead atoms. The fourth-order valence-corrected chi connectivity index (χ4v) is 3.47. The van der Waals surface area contributed by atoms with E-state index in [-0.39, 0.29) is 0 Å². The van der Waals surface area contributed by atoms with Crippen molar-refractivity contribution in [1.29, 1.82) is 5.26 Å². The highest BCUT2D eigenvalue weighted by Gasteiger charge is 2.11. The van der Waals surface area contributed by atoms with Gasteiger partial charge in [0.1, 0.15) is 6.61 Å². The molecule has 0 saturated heterocycles. The average Bonchev–Trinajstić information content (AvgIpc) is 2.73. The summed E-state index contributed by atoms with van der Waals surface area (Å²) in [6, 6.07) is 21.0. The standard InChI is InChI=1S/C23H16Br2ClNO2/c1-28-22-11-17(10-18(13-27)16-4-8-20(26)9-5-16)21(25)12-23(22)29-14-15-2-6-19(24)7-3-15/h2-12H,14H2,1H3/b18-10+. The van der Waals surface area contributed by atoms with Gasteiger partial charge in [-0.2, -0.15) is 5.26 Å². The number of benzene rings is 3. The van der Waals surface area contributed by atoms with Crippen LogP contribution in [0.4, 0.5) is 0 Å². The van der Waals surface area contributed by atoms with Crippen molar-refractivity contribution in [1.82, 2.24) is 0 Å². The number of hydrogen-bond acceptors (Lipinski definition) is 3. The molecule has 0 N–H and O–H groups in total. The fourth-order valence-electron chi connectivity index (χ4n) is 2.64. The number of rotatable bonds is 6. The lowest BCUT2D eigenvalue weighted by atomic mass is 10.0. The van der Waals surface area contributed by atoms with Crippen LogP contribution in [0.2, 0.25) is 5.02 Å². The number of nitrogens with zero attached hydrogens (tertiary/aromatic N) is 1. The van der Waals surface area contributed by atoms with Crippen LogP contribution in [0.1, 0.15) is 16.7 Å². The van der Waals surface area contributed by atoms with E-state index in [1.807, 2.05) is 48.5 Å². The fraction of sp³-hybridized carbons (Fsp3) is 0.0870. The third kappa shape index (κ3) is 5.63. The summed E-state index contributed by atoms with van der Waals surface area (Å²) < 4.78 is 13.3. The molecular weight excluding hydrogens is 518 g/mol. The van der Waals surface area contributed by atoms with Crippen LogP contribution in [-0.2, 0) is 6.61 Å². The van der Waals surface area contributed by atoms with E-state index in [4.69, 9.17) is 21.1 Å². The van der Waals surface area contributed by atoms with Gasteiger partial charge in [-0.25, -0.2) is 0 Å². The smallest absolute Gasteiger partial charge is 0.162 e. The molecule has 0 spiro atoms. The SMILES string of the molecule is COc1cc(/C=C(\C#N)c2ccc(Cl)cc2)c(Br)cc1OCc1ccc(Br)cc1. The Balaban J connectivity index is 1.88. The molecule has 0 saturated carbocycles. The van der Waals surface area contributed by atoms with E-state index >= 15 is 0 Å². The highest BCUT2D eigenvalue weighted by molar-refractivity contribution is 9.10. The number of ether oxygens (including phenoxy) is 2. The van der Waals surface area contributed by atoms with E-state index in [1.54, 1.807) is 25.3 Å². The van der Waals surface area contributed by atoms with Crippen molar-refractivity contribution in [2.75, 3.05) is 7.11 Å². The van der Waals surface area contributed by atoms with Crippen LogP contribution in [0.3, 0.4) is 0 Å². The van der Waals surface area contributed by atoms with Gasteiger partial charge in [0.25, 0.3) is 0 Å². The molecule has 0 aliphatic carbocycles. The van der Waals surface area contributed by atoms with Crippen LogP contribution in [0.25, 0.3) is 11.6 Å². The second-order valence-electron chi connectivity index (χ2n) is 6.12. The minimum absolute atomic E-state index is 0.416. The van der Waals surface area contributed by atoms with Crippen molar-refractivity contribution < 1.29 is 9.47 Å². The number of allylic oxidation sites excluding steroid dienone is 1. The molecule has 0 aliphatic heterocycles. The number of methoxy groups -OCH3 is 1. The molecule has 3 aromatic carbocycles. The second-order valence-corrected chi connectivity index (χ2v) is 8.32. The van der Waals surface area contributed by atoms with Crippen molar-refractivity contribution in [2.24, 2.45) is 0 Å². The molecule has 29 heavy (non-hydrogen) atoms. The van der Waals surface area contributed by atoms with Crippen molar-refractivity contribution >= 4 is 55.1 Å². The summed E-state index contributed by atoms with van der Waals surface area (Å²) in [5.74, 6) is 1.20. The largest absolute Gasteiger partial charge is 0.493 e. The van der Waals surface area contributed by atoms with Gasteiger partial charge in [0.15, 0.2) is 11.5 Å². The van der Waals surface area contributed by atoms with Gasteiger partial charge < -0.3 is 9.47 Å². The molecule has 3 aromatic rings. The van der Waals surface area contributed by atoms with E-state index in [9.17, 15) is 5.26 Å². The van der Waals surface area contributed by atoms with Gasteiger partial charge in [0.2, 0.25) is 0 Å². The van der Waals surface area contributed by atoms with Crippen molar-refractivity contribution in [3.8, 4) is 17.6 Å². The maximum atomic E-state index is 9.59. The summed E-state index contributed by atoms with van der Waals surface area (Å²) in [6.45, 7) is 0.416. The molecule has 0 aliphatic rings. The Morgan fingerprint density at radius 1 is 1.03 bits per heavy atom. The van der Waals surface area contributed by atoms with Gasteiger partial charge in [0, 0.05) is 14.0 Å². The summed E-state index contributed by atoms with van der Waals surface area (Å²) in [4.78, 5) is 0. The van der Waals surface area contributed by atoms with Gasteiger partial charge in [-0.3, -0.25) is 0 Å². The first-order valence-corrected chi connectivity index (χ1v) is 10.6. The predicted molar refractivity (Wildman–Crippen MR) is 124 cm³/mol. The Hall–Kier alpha value is -2.26. The van der Waals surface area contributed by atoms with Crippen LogP contribution in [0, 0.1) is 11.3 Å². The lowest BCUT2D eigenvalue weighted by Gasteiger charge is -2.13. The topological polar surface area (TPSA) is 42.2 Å². The molecule has 146 valence electrons. The van der Waals surface area contributed by atoms with Gasteiger partial charge >= 0.3 is 0 Å². The number of nitriles is 1. The molecule has 3 nitrogen and oxygen atoms in total.